The Hall–Kier alpha value is -0.170. The summed E-state index contributed by atoms with van der Waals surface area (Å²) in [5.41, 5.74) is 0. The van der Waals surface area contributed by atoms with Gasteiger partial charge in [0, 0.05) is 19.1 Å². The molecule has 1 fully saturated rings. The lowest BCUT2D eigenvalue weighted by Crippen LogP contribution is -2.52. The fourth-order valence-electron chi connectivity index (χ4n) is 1.45. The van der Waals surface area contributed by atoms with Crippen molar-refractivity contribution >= 4 is 10.0 Å². The molecule has 1 aliphatic heterocycles. The van der Waals surface area contributed by atoms with E-state index in [4.69, 9.17) is 4.74 Å². The smallest absolute Gasteiger partial charge is 0.210 e. The van der Waals surface area contributed by atoms with Gasteiger partial charge in [-0.05, 0) is 13.8 Å². The predicted molar refractivity (Wildman–Crippen MR) is 54.4 cm³/mol. The summed E-state index contributed by atoms with van der Waals surface area (Å²) in [5, 5.41) is 0. The lowest BCUT2D eigenvalue weighted by molar-refractivity contribution is -0.0433. The number of nitrogens with zero attached hydrogens (tertiary/aromatic N) is 1. The predicted octanol–water partition coefficient (Wildman–Crippen LogP) is -0.398. The van der Waals surface area contributed by atoms with Crippen LogP contribution < -0.4 is 4.72 Å². The van der Waals surface area contributed by atoms with Crippen LogP contribution in [0.25, 0.3) is 0 Å². The van der Waals surface area contributed by atoms with Crippen LogP contribution in [0.15, 0.2) is 0 Å². The molecule has 0 bridgehead atoms. The van der Waals surface area contributed by atoms with E-state index < -0.39 is 16.3 Å². The Morgan fingerprint density at radius 1 is 1.50 bits per heavy atom. The topological polar surface area (TPSA) is 58.6 Å². The van der Waals surface area contributed by atoms with Crippen molar-refractivity contribution in [2.45, 2.75) is 26.1 Å². The van der Waals surface area contributed by atoms with Crippen molar-refractivity contribution < 1.29 is 13.2 Å². The normalized spacial score (nSPS) is 25.6. The van der Waals surface area contributed by atoms with Crippen LogP contribution in [0.5, 0.6) is 0 Å². The van der Waals surface area contributed by atoms with E-state index in [2.05, 4.69) is 23.5 Å². The van der Waals surface area contributed by atoms with E-state index in [-0.39, 0.29) is 0 Å². The minimum atomic E-state index is -3.17. The largest absolute Gasteiger partial charge is 0.360 e. The Kier molecular flexibility index (Phi) is 3.88. The second-order valence-electron chi connectivity index (χ2n) is 3.84. The number of sulfonamides is 1. The third kappa shape index (κ3) is 3.91. The molecule has 0 aromatic rings. The molecule has 0 amide bonds. The summed E-state index contributed by atoms with van der Waals surface area (Å²) in [7, 11) is -3.17. The molecule has 0 saturated carbocycles. The molecule has 0 aromatic carbocycles. The lowest BCUT2D eigenvalue weighted by atomic mass is 10.3. The first-order valence-electron chi connectivity index (χ1n) is 4.71. The molecule has 0 aliphatic carbocycles. The molecular weight excluding hydrogens is 204 g/mol. The summed E-state index contributed by atoms with van der Waals surface area (Å²) < 4.78 is 29.7. The van der Waals surface area contributed by atoms with Crippen LogP contribution in [-0.2, 0) is 14.8 Å². The maximum atomic E-state index is 11.0. The molecule has 1 heterocycles. The van der Waals surface area contributed by atoms with Gasteiger partial charge in [0.15, 0.2) is 0 Å². The van der Waals surface area contributed by atoms with Crippen molar-refractivity contribution in [2.75, 3.05) is 26.0 Å². The molecule has 84 valence electrons. The molecule has 1 atom stereocenters. The van der Waals surface area contributed by atoms with Crippen LogP contribution in [0.1, 0.15) is 13.8 Å². The quantitative estimate of drug-likeness (QED) is 0.706. The maximum absolute atomic E-state index is 11.0. The number of nitrogens with one attached hydrogen (secondary N) is 1. The summed E-state index contributed by atoms with van der Waals surface area (Å²) in [6, 6.07) is 0.419. The van der Waals surface area contributed by atoms with Crippen molar-refractivity contribution in [2.24, 2.45) is 0 Å². The Morgan fingerprint density at radius 3 is 2.64 bits per heavy atom. The first-order valence-corrected chi connectivity index (χ1v) is 6.60. The average molecular weight is 222 g/mol. The van der Waals surface area contributed by atoms with Crippen molar-refractivity contribution in [3.05, 3.63) is 0 Å². The zero-order valence-electron chi connectivity index (χ0n) is 8.86. The average Bonchev–Trinajstić information content (AvgIpc) is 2.01. The summed E-state index contributed by atoms with van der Waals surface area (Å²) in [6.45, 7) is 6.22. The van der Waals surface area contributed by atoms with E-state index in [0.29, 0.717) is 19.2 Å². The molecule has 1 N–H and O–H groups in total. The first-order chi connectivity index (χ1) is 6.38. The minimum Gasteiger partial charge on any atom is -0.360 e. The lowest BCUT2D eigenvalue weighted by Gasteiger charge is -2.35. The van der Waals surface area contributed by atoms with Crippen LogP contribution in [-0.4, -0.2) is 51.5 Å². The van der Waals surface area contributed by atoms with Crippen molar-refractivity contribution in [1.29, 1.82) is 0 Å². The van der Waals surface area contributed by atoms with Gasteiger partial charge in [-0.25, -0.2) is 8.42 Å². The second-order valence-corrected chi connectivity index (χ2v) is 5.62. The fourth-order valence-corrected chi connectivity index (χ4v) is 2.07. The summed E-state index contributed by atoms with van der Waals surface area (Å²) in [5.74, 6) is 0. The van der Waals surface area contributed by atoms with Gasteiger partial charge in [0.1, 0.15) is 6.23 Å². The van der Waals surface area contributed by atoms with Gasteiger partial charge in [-0.2, -0.15) is 4.72 Å². The Morgan fingerprint density at radius 2 is 2.14 bits per heavy atom. The van der Waals surface area contributed by atoms with Gasteiger partial charge in [0.2, 0.25) is 10.0 Å². The van der Waals surface area contributed by atoms with Crippen molar-refractivity contribution in [3.63, 3.8) is 0 Å². The Labute approximate surface area is 85.5 Å². The van der Waals surface area contributed by atoms with Gasteiger partial charge in [-0.1, -0.05) is 0 Å². The molecule has 6 heteroatoms. The number of ether oxygens (including phenoxy) is 1. The summed E-state index contributed by atoms with van der Waals surface area (Å²) in [4.78, 5) is 2.19. The Balaban J connectivity index is 2.48. The van der Waals surface area contributed by atoms with Crippen LogP contribution in [0.3, 0.4) is 0 Å². The van der Waals surface area contributed by atoms with Crippen molar-refractivity contribution in [3.8, 4) is 0 Å². The zero-order chi connectivity index (χ0) is 10.8. The minimum absolute atomic E-state index is 0.402. The van der Waals surface area contributed by atoms with Gasteiger partial charge in [-0.15, -0.1) is 0 Å². The van der Waals surface area contributed by atoms with Gasteiger partial charge < -0.3 is 4.74 Å². The van der Waals surface area contributed by atoms with E-state index in [9.17, 15) is 8.42 Å². The van der Waals surface area contributed by atoms with Crippen LogP contribution in [0, 0.1) is 0 Å². The van der Waals surface area contributed by atoms with E-state index in [1.807, 2.05) is 0 Å². The molecule has 5 nitrogen and oxygen atoms in total. The van der Waals surface area contributed by atoms with Crippen LogP contribution in [0.2, 0.25) is 0 Å². The van der Waals surface area contributed by atoms with Gasteiger partial charge in [-0.3, -0.25) is 4.90 Å². The van der Waals surface area contributed by atoms with Gasteiger partial charge >= 0.3 is 0 Å². The zero-order valence-corrected chi connectivity index (χ0v) is 9.67. The number of hydrogen-bond donors (Lipinski definition) is 1. The maximum Gasteiger partial charge on any atom is 0.210 e. The van der Waals surface area contributed by atoms with Crippen LogP contribution in [0.4, 0.5) is 0 Å². The highest BCUT2D eigenvalue weighted by Gasteiger charge is 2.23. The summed E-state index contributed by atoms with van der Waals surface area (Å²) in [6.07, 6.45) is 0.742. The van der Waals surface area contributed by atoms with E-state index in [0.717, 1.165) is 12.8 Å². The van der Waals surface area contributed by atoms with E-state index in [1.54, 1.807) is 0 Å². The highest BCUT2D eigenvalue weighted by molar-refractivity contribution is 7.88. The second kappa shape index (κ2) is 4.57. The third-order valence-electron chi connectivity index (χ3n) is 2.17. The standard InChI is InChI=1S/C8H18N2O3S/c1-7(2)10-4-5-13-8(6-10)9-14(3,11)12/h7-9H,4-6H2,1-3H3. The molecule has 0 aromatic heterocycles. The van der Waals surface area contributed by atoms with E-state index >= 15 is 0 Å². The molecular formula is C8H18N2O3S. The monoisotopic (exact) mass is 222 g/mol. The van der Waals surface area contributed by atoms with Crippen molar-refractivity contribution in [1.82, 2.24) is 9.62 Å². The van der Waals surface area contributed by atoms with Crippen LogP contribution >= 0.6 is 0 Å². The highest BCUT2D eigenvalue weighted by Crippen LogP contribution is 2.07. The SMILES string of the molecule is CC(C)N1CCOC(NS(C)(=O)=O)C1. The first kappa shape index (κ1) is 11.9. The number of morpholine rings is 1. The third-order valence-corrected chi connectivity index (χ3v) is 2.86. The molecule has 0 spiro atoms. The molecule has 1 aliphatic rings. The molecule has 1 rings (SSSR count). The molecule has 14 heavy (non-hydrogen) atoms. The summed E-state index contributed by atoms with van der Waals surface area (Å²) >= 11 is 0. The molecule has 0 radical (unpaired) electrons. The molecule has 1 unspecified atom stereocenters. The highest BCUT2D eigenvalue weighted by atomic mass is 32.2. The number of hydrogen-bond acceptors (Lipinski definition) is 4. The Bertz CT molecular complexity index is 276. The van der Waals surface area contributed by atoms with Gasteiger partial charge in [0.05, 0.1) is 12.9 Å². The fraction of sp³-hybridized carbons (Fsp3) is 1.00. The number of rotatable bonds is 3. The molecule has 1 saturated heterocycles. The van der Waals surface area contributed by atoms with E-state index in [1.165, 1.54) is 0 Å². The van der Waals surface area contributed by atoms with Gasteiger partial charge in [0.25, 0.3) is 0 Å².